The molecular formula is C44H86O4. The van der Waals surface area contributed by atoms with E-state index in [1.165, 1.54) is 167 Å². The van der Waals surface area contributed by atoms with E-state index in [1.54, 1.807) is 0 Å². The highest BCUT2D eigenvalue weighted by atomic mass is 16.6. The van der Waals surface area contributed by atoms with Crippen LogP contribution in [0.5, 0.6) is 0 Å². The smallest absolute Gasteiger partial charge is 0.306 e. The lowest BCUT2D eigenvalue weighted by molar-refractivity contribution is -0.169. The first-order valence-electron chi connectivity index (χ1n) is 22.0. The maximum atomic E-state index is 12.7. The zero-order valence-corrected chi connectivity index (χ0v) is 33.2. The van der Waals surface area contributed by atoms with Crippen LogP contribution < -0.4 is 0 Å². The summed E-state index contributed by atoms with van der Waals surface area (Å²) in [5, 5.41) is 0. The number of hydrogen-bond donors (Lipinski definition) is 0. The minimum absolute atomic E-state index is 0.122. The Kier molecular flexibility index (Phi) is 37.9. The fourth-order valence-electron chi connectivity index (χ4n) is 6.95. The molecule has 48 heavy (non-hydrogen) atoms. The minimum Gasteiger partial charge on any atom is -0.458 e. The van der Waals surface area contributed by atoms with Crippen molar-refractivity contribution in [2.45, 2.75) is 271 Å². The molecule has 0 aromatic carbocycles. The van der Waals surface area contributed by atoms with Gasteiger partial charge in [-0.15, -0.1) is 0 Å². The van der Waals surface area contributed by atoms with E-state index in [0.717, 1.165) is 51.4 Å². The molecule has 0 aromatic heterocycles. The van der Waals surface area contributed by atoms with Crippen LogP contribution in [0.1, 0.15) is 259 Å². The van der Waals surface area contributed by atoms with Crippen molar-refractivity contribution in [3.8, 4) is 0 Å². The van der Waals surface area contributed by atoms with Gasteiger partial charge in [0, 0.05) is 12.8 Å². The monoisotopic (exact) mass is 679 g/mol. The van der Waals surface area contributed by atoms with Crippen LogP contribution >= 0.6 is 0 Å². The van der Waals surface area contributed by atoms with Gasteiger partial charge in [-0.05, 0) is 25.7 Å². The third-order valence-electron chi connectivity index (χ3n) is 10.1. The number of carbonyl (C=O) groups excluding carboxylic acids is 2. The minimum atomic E-state index is -0.316. The molecule has 0 rings (SSSR count). The molecule has 2 atom stereocenters. The molecule has 0 saturated carbocycles. The van der Waals surface area contributed by atoms with Crippen LogP contribution in [-0.4, -0.2) is 24.1 Å². The van der Waals surface area contributed by atoms with E-state index in [1.807, 2.05) is 0 Å². The molecule has 0 saturated heterocycles. The van der Waals surface area contributed by atoms with Crippen LogP contribution in [0.4, 0.5) is 0 Å². The molecule has 0 amide bonds. The second kappa shape index (κ2) is 38.7. The standard InChI is InChI=1S/C44H86O4/c1-5-9-11-13-15-17-19-21-23-25-27-29-31-33-35-39-43(45)47-41(37-7-3)42(38-8-4)48-44(46)40-36-34-32-30-28-26-24-22-20-18-16-14-12-10-6-2/h41-42H,5-40H2,1-4H3. The van der Waals surface area contributed by atoms with Crippen molar-refractivity contribution >= 4 is 11.9 Å². The summed E-state index contributed by atoms with van der Waals surface area (Å²) in [6, 6.07) is 0. The SMILES string of the molecule is CCCCCCCCCCCCCCCCCC(=O)OC(CCC)C(CCC)OC(=O)CCCCCCCCCCCCCCCCC. The number of unbranched alkanes of at least 4 members (excludes halogenated alkanes) is 28. The average Bonchev–Trinajstić information content (AvgIpc) is 3.08. The summed E-state index contributed by atoms with van der Waals surface area (Å²) in [5.41, 5.74) is 0. The van der Waals surface area contributed by atoms with Gasteiger partial charge in [0.1, 0.15) is 12.2 Å². The highest BCUT2D eigenvalue weighted by Gasteiger charge is 2.27. The van der Waals surface area contributed by atoms with E-state index < -0.39 is 0 Å². The van der Waals surface area contributed by atoms with Crippen molar-refractivity contribution in [2.75, 3.05) is 0 Å². The molecule has 286 valence electrons. The molecule has 4 nitrogen and oxygen atoms in total. The average molecular weight is 679 g/mol. The molecule has 4 heteroatoms. The van der Waals surface area contributed by atoms with Crippen LogP contribution in [0.3, 0.4) is 0 Å². The van der Waals surface area contributed by atoms with Gasteiger partial charge in [-0.25, -0.2) is 0 Å². The van der Waals surface area contributed by atoms with Gasteiger partial charge in [0.05, 0.1) is 0 Å². The summed E-state index contributed by atoms with van der Waals surface area (Å²) >= 11 is 0. The van der Waals surface area contributed by atoms with Crippen molar-refractivity contribution in [1.82, 2.24) is 0 Å². The van der Waals surface area contributed by atoms with Crippen molar-refractivity contribution in [3.05, 3.63) is 0 Å². The van der Waals surface area contributed by atoms with E-state index in [-0.39, 0.29) is 24.1 Å². The zero-order valence-electron chi connectivity index (χ0n) is 33.2. The summed E-state index contributed by atoms with van der Waals surface area (Å²) in [5.74, 6) is -0.245. The molecule has 2 unspecified atom stereocenters. The maximum absolute atomic E-state index is 12.7. The topological polar surface area (TPSA) is 52.6 Å². The molecule has 0 aromatic rings. The summed E-state index contributed by atoms with van der Waals surface area (Å²) < 4.78 is 11.9. The van der Waals surface area contributed by atoms with Crippen molar-refractivity contribution < 1.29 is 19.1 Å². The van der Waals surface area contributed by atoms with Crippen LogP contribution in [-0.2, 0) is 19.1 Å². The zero-order chi connectivity index (χ0) is 35.2. The Hall–Kier alpha value is -1.06. The van der Waals surface area contributed by atoms with Gasteiger partial charge in [-0.1, -0.05) is 220 Å². The van der Waals surface area contributed by atoms with Crippen LogP contribution in [0.25, 0.3) is 0 Å². The van der Waals surface area contributed by atoms with Gasteiger partial charge >= 0.3 is 11.9 Å². The van der Waals surface area contributed by atoms with Crippen molar-refractivity contribution in [2.24, 2.45) is 0 Å². The molecule has 0 aliphatic heterocycles. The van der Waals surface area contributed by atoms with Crippen LogP contribution in [0.15, 0.2) is 0 Å². The number of hydrogen-bond acceptors (Lipinski definition) is 4. The van der Waals surface area contributed by atoms with Crippen molar-refractivity contribution in [3.63, 3.8) is 0 Å². The Morgan fingerprint density at radius 2 is 0.521 bits per heavy atom. The van der Waals surface area contributed by atoms with Gasteiger partial charge in [0.25, 0.3) is 0 Å². The predicted octanol–water partition coefficient (Wildman–Crippen LogP) is 14.9. The van der Waals surface area contributed by atoms with Gasteiger partial charge < -0.3 is 9.47 Å². The first-order valence-corrected chi connectivity index (χ1v) is 22.0. The lowest BCUT2D eigenvalue weighted by Crippen LogP contribution is -2.35. The largest absolute Gasteiger partial charge is 0.458 e. The highest BCUT2D eigenvalue weighted by molar-refractivity contribution is 5.70. The molecule has 0 bridgehead atoms. The summed E-state index contributed by atoms with van der Waals surface area (Å²) in [4.78, 5) is 25.4. The second-order valence-electron chi connectivity index (χ2n) is 15.0. The van der Waals surface area contributed by atoms with E-state index >= 15 is 0 Å². The molecular weight excluding hydrogens is 592 g/mol. The molecule has 0 N–H and O–H groups in total. The Balaban J connectivity index is 3.95. The van der Waals surface area contributed by atoms with Crippen LogP contribution in [0.2, 0.25) is 0 Å². The molecule has 0 heterocycles. The van der Waals surface area contributed by atoms with Gasteiger partial charge in [-0.2, -0.15) is 0 Å². The quantitative estimate of drug-likeness (QED) is 0.0479. The fourth-order valence-corrected chi connectivity index (χ4v) is 6.95. The lowest BCUT2D eigenvalue weighted by atomic mass is 10.0. The highest BCUT2D eigenvalue weighted by Crippen LogP contribution is 2.20. The van der Waals surface area contributed by atoms with Gasteiger partial charge in [0.2, 0.25) is 0 Å². The first kappa shape index (κ1) is 46.9. The lowest BCUT2D eigenvalue weighted by Gasteiger charge is -2.27. The maximum Gasteiger partial charge on any atom is 0.306 e. The predicted molar refractivity (Wildman–Crippen MR) is 209 cm³/mol. The first-order chi connectivity index (χ1) is 23.6. The molecule has 0 fully saturated rings. The van der Waals surface area contributed by atoms with Gasteiger partial charge in [0.15, 0.2) is 0 Å². The molecule has 0 aliphatic carbocycles. The summed E-state index contributed by atoms with van der Waals surface area (Å²) in [6.07, 6.45) is 43.1. The summed E-state index contributed by atoms with van der Waals surface area (Å²) in [7, 11) is 0. The molecule has 0 aliphatic rings. The third kappa shape index (κ3) is 33.4. The second-order valence-corrected chi connectivity index (χ2v) is 15.0. The summed E-state index contributed by atoms with van der Waals surface area (Å²) in [6.45, 7) is 8.78. The number of ether oxygens (including phenoxy) is 2. The normalized spacial score (nSPS) is 12.7. The van der Waals surface area contributed by atoms with Crippen molar-refractivity contribution in [1.29, 1.82) is 0 Å². The van der Waals surface area contributed by atoms with Crippen LogP contribution in [0, 0.1) is 0 Å². The molecule has 0 radical (unpaired) electrons. The van der Waals surface area contributed by atoms with E-state index in [4.69, 9.17) is 9.47 Å². The third-order valence-corrected chi connectivity index (χ3v) is 10.1. The molecule has 0 spiro atoms. The Labute approximate surface area is 301 Å². The Bertz CT molecular complexity index is 606. The number of carbonyl (C=O) groups is 2. The van der Waals surface area contributed by atoms with E-state index in [0.29, 0.717) is 12.8 Å². The Morgan fingerprint density at radius 3 is 0.729 bits per heavy atom. The van der Waals surface area contributed by atoms with Gasteiger partial charge in [-0.3, -0.25) is 9.59 Å². The van der Waals surface area contributed by atoms with E-state index in [9.17, 15) is 9.59 Å². The Morgan fingerprint density at radius 1 is 0.312 bits per heavy atom. The fraction of sp³-hybridized carbons (Fsp3) is 0.955. The number of esters is 2. The van der Waals surface area contributed by atoms with E-state index in [2.05, 4.69) is 27.7 Å². The number of rotatable bonds is 39.